The summed E-state index contributed by atoms with van der Waals surface area (Å²) in [7, 11) is 1.13. The molecule has 0 radical (unpaired) electrons. The lowest BCUT2D eigenvalue weighted by Gasteiger charge is -2.24. The zero-order valence-corrected chi connectivity index (χ0v) is 15.2. The first kappa shape index (κ1) is 18.7. The van der Waals surface area contributed by atoms with Crippen molar-refractivity contribution in [3.05, 3.63) is 16.0 Å². The van der Waals surface area contributed by atoms with Crippen LogP contribution in [-0.2, 0) is 48.2 Å². The highest BCUT2D eigenvalue weighted by Crippen LogP contribution is 2.37. The summed E-state index contributed by atoms with van der Waals surface area (Å²) >= 11 is 1.49. The van der Waals surface area contributed by atoms with Crippen LogP contribution in [0.25, 0.3) is 0 Å². The number of nitrogens with two attached hydrogens (primary N) is 1. The summed E-state index contributed by atoms with van der Waals surface area (Å²) < 4.78 is 20.7. The van der Waals surface area contributed by atoms with E-state index in [0.29, 0.717) is 19.6 Å². The fourth-order valence-corrected chi connectivity index (χ4v) is 3.30. The highest BCUT2D eigenvalue weighted by molar-refractivity contribution is 7.16. The molecule has 0 aliphatic carbocycles. The first-order valence-electron chi connectivity index (χ1n) is 7.60. The second kappa shape index (κ2) is 7.50. The van der Waals surface area contributed by atoms with Crippen molar-refractivity contribution in [1.82, 2.24) is 0 Å². The van der Waals surface area contributed by atoms with Crippen LogP contribution >= 0.6 is 11.3 Å². The van der Waals surface area contributed by atoms with Crippen LogP contribution in [-0.4, -0.2) is 37.4 Å². The average Bonchev–Trinajstić information content (AvgIpc) is 2.83. The number of carbonyl (C=O) groups is 2. The van der Waals surface area contributed by atoms with Gasteiger partial charge in [0.2, 0.25) is 0 Å². The molecular weight excluding hydrogens is 334 g/mol. The van der Waals surface area contributed by atoms with Crippen LogP contribution in [0.4, 0.5) is 5.00 Å². The normalized spacial score (nSPS) is 17.2. The summed E-state index contributed by atoms with van der Waals surface area (Å²) in [6, 6.07) is 0. The van der Waals surface area contributed by atoms with Gasteiger partial charge < -0.3 is 24.7 Å². The Labute approximate surface area is 145 Å². The van der Waals surface area contributed by atoms with Crippen LogP contribution in [0.5, 0.6) is 0 Å². The standard InChI is InChI=1S/C16H23NO6S/c1-16(2,3)23-7-11-10-5-9(6-22-15(19)14(18)20-4)21-8-12(10)24-13(11)17/h9H,5-8,17H2,1-4H3. The maximum Gasteiger partial charge on any atom is 0.417 e. The highest BCUT2D eigenvalue weighted by atomic mass is 32.1. The quantitative estimate of drug-likeness (QED) is 0.648. The Bertz CT molecular complexity index is 619. The lowest BCUT2D eigenvalue weighted by Crippen LogP contribution is -2.30. The van der Waals surface area contributed by atoms with Gasteiger partial charge in [0.15, 0.2) is 0 Å². The highest BCUT2D eigenvalue weighted by Gasteiger charge is 2.28. The number of anilines is 1. The number of ether oxygens (including phenoxy) is 4. The number of rotatable bonds is 4. The predicted octanol–water partition coefficient (Wildman–Crippen LogP) is 1.80. The largest absolute Gasteiger partial charge is 0.461 e. The van der Waals surface area contributed by atoms with Gasteiger partial charge in [0.25, 0.3) is 0 Å². The van der Waals surface area contributed by atoms with E-state index in [4.69, 9.17) is 19.9 Å². The third-order valence-corrected chi connectivity index (χ3v) is 4.59. The van der Waals surface area contributed by atoms with Gasteiger partial charge in [-0.25, -0.2) is 9.59 Å². The number of carbonyl (C=O) groups excluding carboxylic acids is 2. The third-order valence-electron chi connectivity index (χ3n) is 3.52. The number of fused-ring (bicyclic) bond motifs is 1. The van der Waals surface area contributed by atoms with Crippen LogP contribution in [0, 0.1) is 0 Å². The van der Waals surface area contributed by atoms with Gasteiger partial charge in [-0.15, -0.1) is 11.3 Å². The number of esters is 2. The van der Waals surface area contributed by atoms with Crippen LogP contribution < -0.4 is 5.73 Å². The van der Waals surface area contributed by atoms with Crippen LogP contribution in [0.15, 0.2) is 0 Å². The van der Waals surface area contributed by atoms with Gasteiger partial charge in [-0.2, -0.15) is 0 Å². The lowest BCUT2D eigenvalue weighted by atomic mass is 10.0. The van der Waals surface area contributed by atoms with E-state index in [9.17, 15) is 9.59 Å². The second-order valence-corrected chi connectivity index (χ2v) is 7.61. The van der Waals surface area contributed by atoms with E-state index in [1.54, 1.807) is 0 Å². The smallest absolute Gasteiger partial charge is 0.417 e. The van der Waals surface area contributed by atoms with Crippen molar-refractivity contribution < 1.29 is 28.5 Å². The molecule has 1 aromatic heterocycles. The van der Waals surface area contributed by atoms with Crippen molar-refractivity contribution >= 4 is 28.3 Å². The third kappa shape index (κ3) is 4.68. The monoisotopic (exact) mass is 357 g/mol. The molecule has 0 amide bonds. The molecule has 0 fully saturated rings. The Morgan fingerprint density at radius 3 is 2.67 bits per heavy atom. The minimum atomic E-state index is -1.02. The molecule has 0 saturated carbocycles. The molecule has 8 heteroatoms. The molecular formula is C16H23NO6S. The van der Waals surface area contributed by atoms with Gasteiger partial charge in [0, 0.05) is 16.9 Å². The molecule has 1 aromatic rings. The van der Waals surface area contributed by atoms with E-state index in [2.05, 4.69) is 4.74 Å². The maximum atomic E-state index is 11.4. The second-order valence-electron chi connectivity index (χ2n) is 6.47. The molecule has 1 aliphatic rings. The van der Waals surface area contributed by atoms with Gasteiger partial charge in [0.1, 0.15) is 6.61 Å². The summed E-state index contributed by atoms with van der Waals surface area (Å²) in [5.41, 5.74) is 7.91. The zero-order valence-electron chi connectivity index (χ0n) is 14.3. The molecule has 2 heterocycles. The Balaban J connectivity index is 2.01. The number of nitrogen functional groups attached to an aromatic ring is 1. The van der Waals surface area contributed by atoms with Crippen LogP contribution in [0.2, 0.25) is 0 Å². The van der Waals surface area contributed by atoms with E-state index in [1.807, 2.05) is 20.8 Å². The predicted molar refractivity (Wildman–Crippen MR) is 88.5 cm³/mol. The molecule has 2 N–H and O–H groups in total. The molecule has 0 bridgehead atoms. The molecule has 1 aliphatic heterocycles. The van der Waals surface area contributed by atoms with Gasteiger partial charge in [-0.05, 0) is 26.3 Å². The molecule has 7 nitrogen and oxygen atoms in total. The van der Waals surface area contributed by atoms with Gasteiger partial charge in [0.05, 0.1) is 37.0 Å². The molecule has 1 atom stereocenters. The van der Waals surface area contributed by atoms with Gasteiger partial charge in [-0.3, -0.25) is 0 Å². The van der Waals surface area contributed by atoms with E-state index in [-0.39, 0.29) is 18.3 Å². The topological polar surface area (TPSA) is 97.1 Å². The maximum absolute atomic E-state index is 11.4. The van der Waals surface area contributed by atoms with Crippen LogP contribution in [0.1, 0.15) is 36.8 Å². The Hall–Kier alpha value is -1.64. The number of methoxy groups -OCH3 is 1. The summed E-state index contributed by atoms with van der Waals surface area (Å²) in [4.78, 5) is 23.5. The number of thiophene rings is 1. The van der Waals surface area contributed by atoms with Crippen molar-refractivity contribution in [3.63, 3.8) is 0 Å². The van der Waals surface area contributed by atoms with Crippen molar-refractivity contribution in [3.8, 4) is 0 Å². The van der Waals surface area contributed by atoms with E-state index >= 15 is 0 Å². The van der Waals surface area contributed by atoms with E-state index in [0.717, 1.165) is 28.1 Å². The Kier molecular flexibility index (Phi) is 5.84. The van der Waals surface area contributed by atoms with Crippen molar-refractivity contribution in [2.45, 2.75) is 52.1 Å². The van der Waals surface area contributed by atoms with Gasteiger partial charge >= 0.3 is 11.9 Å². The SMILES string of the molecule is COC(=O)C(=O)OCC1Cc2c(sc(N)c2COC(C)(C)C)CO1. The van der Waals surface area contributed by atoms with Crippen molar-refractivity contribution in [2.24, 2.45) is 0 Å². The lowest BCUT2D eigenvalue weighted by molar-refractivity contribution is -0.168. The Morgan fingerprint density at radius 2 is 2.04 bits per heavy atom. The van der Waals surface area contributed by atoms with E-state index < -0.39 is 11.9 Å². The van der Waals surface area contributed by atoms with Gasteiger partial charge in [-0.1, -0.05) is 0 Å². The van der Waals surface area contributed by atoms with Crippen LogP contribution in [0.3, 0.4) is 0 Å². The summed E-state index contributed by atoms with van der Waals surface area (Å²) in [5, 5.41) is 0.722. The molecule has 134 valence electrons. The minimum Gasteiger partial charge on any atom is -0.461 e. The average molecular weight is 357 g/mol. The zero-order chi connectivity index (χ0) is 17.9. The van der Waals surface area contributed by atoms with Crippen molar-refractivity contribution in [1.29, 1.82) is 0 Å². The summed E-state index contributed by atoms with van der Waals surface area (Å²) in [6.45, 7) is 6.78. The Morgan fingerprint density at radius 1 is 1.33 bits per heavy atom. The number of hydrogen-bond donors (Lipinski definition) is 1. The summed E-state index contributed by atoms with van der Waals surface area (Å²) in [6.07, 6.45) is 0.230. The molecule has 24 heavy (non-hydrogen) atoms. The first-order chi connectivity index (χ1) is 11.2. The first-order valence-corrected chi connectivity index (χ1v) is 8.42. The number of hydrogen-bond acceptors (Lipinski definition) is 8. The van der Waals surface area contributed by atoms with E-state index in [1.165, 1.54) is 11.3 Å². The molecule has 0 spiro atoms. The van der Waals surface area contributed by atoms with Crippen molar-refractivity contribution in [2.75, 3.05) is 19.5 Å². The fraction of sp³-hybridized carbons (Fsp3) is 0.625. The molecule has 2 rings (SSSR count). The summed E-state index contributed by atoms with van der Waals surface area (Å²) in [5.74, 6) is -2.04. The fourth-order valence-electron chi connectivity index (χ4n) is 2.27. The molecule has 1 unspecified atom stereocenters. The molecule has 0 aromatic carbocycles. The molecule has 0 saturated heterocycles. The minimum absolute atomic E-state index is 0.0112.